The van der Waals surface area contributed by atoms with Crippen LogP contribution in [-0.2, 0) is 11.3 Å². The van der Waals surface area contributed by atoms with Crippen LogP contribution in [0.25, 0.3) is 0 Å². The largest absolute Gasteiger partial charge is 0.341 e. The van der Waals surface area contributed by atoms with Crippen molar-refractivity contribution in [3.8, 4) is 0 Å². The van der Waals surface area contributed by atoms with Crippen molar-refractivity contribution < 1.29 is 4.79 Å². The van der Waals surface area contributed by atoms with Crippen molar-refractivity contribution in [3.63, 3.8) is 0 Å². The third-order valence-corrected chi connectivity index (χ3v) is 3.85. The number of amides is 1. The SMILES string of the molecule is C[C@H](N)C(=O)N1CC[C@@H](CN(C)Cc2ccccc2)C1. The topological polar surface area (TPSA) is 49.6 Å². The quantitative estimate of drug-likeness (QED) is 0.881. The highest BCUT2D eigenvalue weighted by Gasteiger charge is 2.28. The molecule has 0 saturated carbocycles. The van der Waals surface area contributed by atoms with Crippen molar-refractivity contribution in [2.45, 2.75) is 25.9 Å². The van der Waals surface area contributed by atoms with Gasteiger partial charge in [-0.1, -0.05) is 30.3 Å². The lowest BCUT2D eigenvalue weighted by atomic mass is 10.1. The summed E-state index contributed by atoms with van der Waals surface area (Å²) < 4.78 is 0. The predicted octanol–water partition coefficient (Wildman–Crippen LogP) is 1.31. The molecule has 4 nitrogen and oxygen atoms in total. The van der Waals surface area contributed by atoms with Gasteiger partial charge in [0.15, 0.2) is 0 Å². The van der Waals surface area contributed by atoms with Crippen molar-refractivity contribution in [2.24, 2.45) is 11.7 Å². The molecule has 1 heterocycles. The summed E-state index contributed by atoms with van der Waals surface area (Å²) in [5, 5.41) is 0. The van der Waals surface area contributed by atoms with E-state index in [0.717, 1.165) is 32.6 Å². The van der Waals surface area contributed by atoms with Gasteiger partial charge < -0.3 is 15.5 Å². The van der Waals surface area contributed by atoms with E-state index in [4.69, 9.17) is 5.73 Å². The third-order valence-electron chi connectivity index (χ3n) is 3.85. The lowest BCUT2D eigenvalue weighted by Crippen LogP contribution is -2.41. The second-order valence-electron chi connectivity index (χ2n) is 5.91. The number of benzene rings is 1. The molecule has 1 aliphatic rings. The molecule has 20 heavy (non-hydrogen) atoms. The zero-order valence-corrected chi connectivity index (χ0v) is 12.5. The Morgan fingerprint density at radius 1 is 1.45 bits per heavy atom. The molecule has 0 bridgehead atoms. The fourth-order valence-electron chi connectivity index (χ4n) is 2.87. The van der Waals surface area contributed by atoms with E-state index in [0.29, 0.717) is 5.92 Å². The maximum absolute atomic E-state index is 11.9. The Labute approximate surface area is 121 Å². The first-order valence-corrected chi connectivity index (χ1v) is 7.33. The molecule has 1 aromatic rings. The summed E-state index contributed by atoms with van der Waals surface area (Å²) in [4.78, 5) is 16.1. The van der Waals surface area contributed by atoms with Gasteiger partial charge in [0.25, 0.3) is 0 Å². The third kappa shape index (κ3) is 4.05. The second kappa shape index (κ2) is 6.86. The molecule has 1 amide bonds. The van der Waals surface area contributed by atoms with Crippen LogP contribution in [0.1, 0.15) is 18.9 Å². The lowest BCUT2D eigenvalue weighted by molar-refractivity contribution is -0.131. The van der Waals surface area contributed by atoms with E-state index >= 15 is 0 Å². The van der Waals surface area contributed by atoms with Gasteiger partial charge >= 0.3 is 0 Å². The van der Waals surface area contributed by atoms with E-state index in [1.807, 2.05) is 11.0 Å². The minimum absolute atomic E-state index is 0.0817. The average molecular weight is 275 g/mol. The summed E-state index contributed by atoms with van der Waals surface area (Å²) in [5.74, 6) is 0.643. The highest BCUT2D eigenvalue weighted by molar-refractivity contribution is 5.81. The van der Waals surface area contributed by atoms with Gasteiger partial charge in [-0.2, -0.15) is 0 Å². The summed E-state index contributed by atoms with van der Waals surface area (Å²) in [6.45, 7) is 5.44. The number of likely N-dealkylation sites (tertiary alicyclic amines) is 1. The Bertz CT molecular complexity index is 433. The molecule has 2 rings (SSSR count). The van der Waals surface area contributed by atoms with E-state index in [2.05, 4.69) is 36.2 Å². The summed E-state index contributed by atoms with van der Waals surface area (Å²) in [6.07, 6.45) is 1.08. The van der Waals surface area contributed by atoms with E-state index in [1.54, 1.807) is 6.92 Å². The number of hydrogen-bond donors (Lipinski definition) is 1. The van der Waals surface area contributed by atoms with Crippen LogP contribution >= 0.6 is 0 Å². The van der Waals surface area contributed by atoms with Crippen LogP contribution in [0.3, 0.4) is 0 Å². The van der Waals surface area contributed by atoms with Crippen LogP contribution in [0, 0.1) is 5.92 Å². The maximum Gasteiger partial charge on any atom is 0.239 e. The summed E-state index contributed by atoms with van der Waals surface area (Å²) in [5.41, 5.74) is 6.99. The molecule has 2 N–H and O–H groups in total. The van der Waals surface area contributed by atoms with Crippen molar-refractivity contribution in [3.05, 3.63) is 35.9 Å². The fraction of sp³-hybridized carbons (Fsp3) is 0.562. The molecule has 1 aromatic carbocycles. The molecule has 4 heteroatoms. The van der Waals surface area contributed by atoms with Gasteiger partial charge in [0.2, 0.25) is 5.91 Å². The minimum Gasteiger partial charge on any atom is -0.341 e. The number of rotatable bonds is 5. The zero-order valence-electron chi connectivity index (χ0n) is 12.5. The molecule has 1 saturated heterocycles. The Hall–Kier alpha value is -1.39. The molecule has 110 valence electrons. The first-order chi connectivity index (χ1) is 9.56. The van der Waals surface area contributed by atoms with Gasteiger partial charge in [-0.3, -0.25) is 4.79 Å². The molecular weight excluding hydrogens is 250 g/mol. The van der Waals surface area contributed by atoms with Crippen molar-refractivity contribution in [1.29, 1.82) is 0 Å². The molecule has 0 aromatic heterocycles. The standard InChI is InChI=1S/C16H25N3O/c1-13(17)16(20)19-9-8-15(12-19)11-18(2)10-14-6-4-3-5-7-14/h3-7,13,15H,8-12,17H2,1-2H3/t13-,15-/m0/s1. The summed E-state index contributed by atoms with van der Waals surface area (Å²) >= 11 is 0. The molecule has 1 aliphatic heterocycles. The van der Waals surface area contributed by atoms with Crippen LogP contribution in [0.5, 0.6) is 0 Å². The monoisotopic (exact) mass is 275 g/mol. The number of nitrogens with two attached hydrogens (primary N) is 1. The second-order valence-corrected chi connectivity index (χ2v) is 5.91. The first kappa shape index (κ1) is 15.0. The Morgan fingerprint density at radius 2 is 2.15 bits per heavy atom. The van der Waals surface area contributed by atoms with Gasteiger partial charge in [0.1, 0.15) is 0 Å². The van der Waals surface area contributed by atoms with Gasteiger partial charge in [0.05, 0.1) is 6.04 Å². The molecule has 1 fully saturated rings. The number of carbonyl (C=O) groups excluding carboxylic acids is 1. The van der Waals surface area contributed by atoms with Gasteiger partial charge in [-0.15, -0.1) is 0 Å². The number of nitrogens with zero attached hydrogens (tertiary/aromatic N) is 2. The highest BCUT2D eigenvalue weighted by Crippen LogP contribution is 2.18. The van der Waals surface area contributed by atoms with Gasteiger partial charge in [-0.05, 0) is 31.9 Å². The fourth-order valence-corrected chi connectivity index (χ4v) is 2.87. The smallest absolute Gasteiger partial charge is 0.239 e. The molecule has 0 aliphatic carbocycles. The molecule has 2 atom stereocenters. The van der Waals surface area contributed by atoms with Crippen molar-refractivity contribution in [1.82, 2.24) is 9.80 Å². The Kier molecular flexibility index (Phi) is 5.15. The van der Waals surface area contributed by atoms with Crippen LogP contribution in [0.4, 0.5) is 0 Å². The summed E-state index contributed by atoms with van der Waals surface area (Å²) in [6, 6.07) is 10.1. The number of hydrogen-bond acceptors (Lipinski definition) is 3. The Morgan fingerprint density at radius 3 is 2.80 bits per heavy atom. The van der Waals surface area contributed by atoms with Crippen molar-refractivity contribution >= 4 is 5.91 Å². The minimum atomic E-state index is -0.379. The average Bonchev–Trinajstić information content (AvgIpc) is 2.87. The van der Waals surface area contributed by atoms with Crippen LogP contribution in [0.15, 0.2) is 30.3 Å². The maximum atomic E-state index is 11.9. The van der Waals surface area contributed by atoms with Crippen LogP contribution in [0.2, 0.25) is 0 Å². The molecule has 0 radical (unpaired) electrons. The van der Waals surface area contributed by atoms with E-state index in [1.165, 1.54) is 5.56 Å². The molecule has 0 spiro atoms. The lowest BCUT2D eigenvalue weighted by Gasteiger charge is -2.22. The van der Waals surface area contributed by atoms with Gasteiger partial charge in [-0.25, -0.2) is 0 Å². The molecule has 0 unspecified atom stereocenters. The van der Waals surface area contributed by atoms with Crippen molar-refractivity contribution in [2.75, 3.05) is 26.7 Å². The highest BCUT2D eigenvalue weighted by atomic mass is 16.2. The predicted molar refractivity (Wildman–Crippen MR) is 81.1 cm³/mol. The molecular formula is C16H25N3O. The van der Waals surface area contributed by atoms with E-state index in [-0.39, 0.29) is 11.9 Å². The zero-order chi connectivity index (χ0) is 14.5. The van der Waals surface area contributed by atoms with E-state index in [9.17, 15) is 4.79 Å². The summed E-state index contributed by atoms with van der Waals surface area (Å²) in [7, 11) is 2.14. The van der Waals surface area contributed by atoms with E-state index < -0.39 is 0 Å². The first-order valence-electron chi connectivity index (χ1n) is 7.33. The number of carbonyl (C=O) groups is 1. The van der Waals surface area contributed by atoms with Crippen LogP contribution in [-0.4, -0.2) is 48.4 Å². The van der Waals surface area contributed by atoms with Crippen LogP contribution < -0.4 is 5.73 Å². The Balaban J connectivity index is 1.79. The normalized spacial score (nSPS) is 20.4. The van der Waals surface area contributed by atoms with Gasteiger partial charge in [0, 0.05) is 26.2 Å².